The molecule has 0 aromatic heterocycles. The number of esters is 2. The molecule has 5 nitrogen and oxygen atoms in total. The maximum absolute atomic E-state index is 13.0. The fourth-order valence-electron chi connectivity index (χ4n) is 3.43. The number of rotatable bonds is 7. The molecule has 158 valence electrons. The quantitative estimate of drug-likeness (QED) is 0.488. The average Bonchev–Trinajstić information content (AvgIpc) is 3.26. The van der Waals surface area contributed by atoms with E-state index in [0.717, 1.165) is 0 Å². The monoisotopic (exact) mass is 448 g/mol. The highest BCUT2D eigenvalue weighted by molar-refractivity contribution is 6.56. The molecule has 0 radical (unpaired) electrons. The number of methoxy groups -OCH3 is 1. The van der Waals surface area contributed by atoms with Gasteiger partial charge < -0.3 is 14.2 Å². The summed E-state index contributed by atoms with van der Waals surface area (Å²) in [5, 5.41) is 0. The van der Waals surface area contributed by atoms with Gasteiger partial charge in [-0.15, -0.1) is 0 Å². The molecule has 0 saturated heterocycles. The predicted octanol–water partition coefficient (Wildman–Crippen LogP) is 5.97. The zero-order chi connectivity index (χ0) is 21.9. The molecule has 2 aromatic rings. The molecule has 2 aromatic carbocycles. The fraction of sp³-hybridized carbons (Fsp3) is 0.304. The Morgan fingerprint density at radius 3 is 2.23 bits per heavy atom. The second-order valence-electron chi connectivity index (χ2n) is 7.76. The van der Waals surface area contributed by atoms with E-state index < -0.39 is 28.9 Å². The van der Waals surface area contributed by atoms with E-state index >= 15 is 0 Å². The molecule has 1 aliphatic rings. The van der Waals surface area contributed by atoms with E-state index in [4.69, 9.17) is 37.4 Å². The third-order valence-electron chi connectivity index (χ3n) is 5.30. The highest BCUT2D eigenvalue weighted by atomic mass is 35.5. The first-order valence-corrected chi connectivity index (χ1v) is 10.1. The summed E-state index contributed by atoms with van der Waals surface area (Å²) < 4.78 is 16.3. The average molecular weight is 449 g/mol. The molecular formula is C23H22Cl2O5. The Morgan fingerprint density at radius 1 is 1.03 bits per heavy atom. The molecule has 1 aliphatic carbocycles. The van der Waals surface area contributed by atoms with Gasteiger partial charge in [-0.1, -0.05) is 67.4 Å². The van der Waals surface area contributed by atoms with Crippen LogP contribution in [0.2, 0.25) is 0 Å². The lowest BCUT2D eigenvalue weighted by Gasteiger charge is -2.21. The zero-order valence-corrected chi connectivity index (χ0v) is 18.4. The predicted molar refractivity (Wildman–Crippen MR) is 114 cm³/mol. The summed E-state index contributed by atoms with van der Waals surface area (Å²) in [6.07, 6.45) is 0.728. The van der Waals surface area contributed by atoms with E-state index in [2.05, 4.69) is 0 Å². The van der Waals surface area contributed by atoms with Crippen LogP contribution in [0.3, 0.4) is 0 Å². The SMILES string of the molecule is COC(=O)C(OC(=O)C1(C=C(Cl)Cl)CC1(C)C)c1cccc(Oc2ccccc2)c1. The van der Waals surface area contributed by atoms with E-state index in [1.165, 1.54) is 13.2 Å². The summed E-state index contributed by atoms with van der Waals surface area (Å²) in [5.41, 5.74) is -0.952. The van der Waals surface area contributed by atoms with Crippen LogP contribution < -0.4 is 4.74 Å². The number of hydrogen-bond acceptors (Lipinski definition) is 5. The van der Waals surface area contributed by atoms with E-state index in [1.807, 2.05) is 44.2 Å². The Bertz CT molecular complexity index is 967. The van der Waals surface area contributed by atoms with Gasteiger partial charge in [0.1, 0.15) is 16.0 Å². The van der Waals surface area contributed by atoms with Crippen molar-refractivity contribution in [3.63, 3.8) is 0 Å². The molecule has 1 fully saturated rings. The number of benzene rings is 2. The van der Waals surface area contributed by atoms with Crippen LogP contribution in [0.25, 0.3) is 0 Å². The standard InChI is InChI=1S/C23H22Cl2O5/c1-22(2)14-23(22,13-18(24)25)21(27)30-19(20(26)28-3)15-8-7-11-17(12-15)29-16-9-5-4-6-10-16/h4-13,19H,14H2,1-3H3. The molecule has 0 bridgehead atoms. The third kappa shape index (κ3) is 4.63. The molecule has 0 aliphatic heterocycles. The van der Waals surface area contributed by atoms with Crippen molar-refractivity contribution in [1.82, 2.24) is 0 Å². The number of hydrogen-bond donors (Lipinski definition) is 0. The number of ether oxygens (including phenoxy) is 3. The van der Waals surface area contributed by atoms with Gasteiger partial charge in [0.15, 0.2) is 0 Å². The maximum Gasteiger partial charge on any atom is 0.351 e. The Kier molecular flexibility index (Phi) is 6.44. The maximum atomic E-state index is 13.0. The van der Waals surface area contributed by atoms with Crippen LogP contribution in [0, 0.1) is 10.8 Å². The van der Waals surface area contributed by atoms with Gasteiger partial charge >= 0.3 is 11.9 Å². The lowest BCUT2D eigenvalue weighted by atomic mass is 9.96. The van der Waals surface area contributed by atoms with E-state index in [1.54, 1.807) is 24.3 Å². The number of para-hydroxylation sites is 1. The van der Waals surface area contributed by atoms with Gasteiger partial charge in [0.05, 0.1) is 12.5 Å². The van der Waals surface area contributed by atoms with Gasteiger partial charge in [-0.3, -0.25) is 4.79 Å². The van der Waals surface area contributed by atoms with Crippen LogP contribution in [0.1, 0.15) is 31.9 Å². The van der Waals surface area contributed by atoms with Crippen molar-refractivity contribution >= 4 is 35.1 Å². The summed E-state index contributed by atoms with van der Waals surface area (Å²) in [6, 6.07) is 16.0. The first kappa shape index (κ1) is 22.2. The second-order valence-corrected chi connectivity index (χ2v) is 8.77. The van der Waals surface area contributed by atoms with Gasteiger partial charge in [-0.05, 0) is 42.2 Å². The number of carbonyl (C=O) groups is 2. The topological polar surface area (TPSA) is 61.8 Å². The van der Waals surface area contributed by atoms with Crippen LogP contribution >= 0.6 is 23.2 Å². The van der Waals surface area contributed by atoms with Crippen molar-refractivity contribution in [2.45, 2.75) is 26.4 Å². The second kappa shape index (κ2) is 8.70. The van der Waals surface area contributed by atoms with Crippen molar-refractivity contribution < 1.29 is 23.8 Å². The molecule has 2 unspecified atom stereocenters. The van der Waals surface area contributed by atoms with Crippen molar-refractivity contribution in [3.05, 3.63) is 70.7 Å². The van der Waals surface area contributed by atoms with Crippen LogP contribution in [0.15, 0.2) is 65.2 Å². The van der Waals surface area contributed by atoms with Crippen molar-refractivity contribution in [2.75, 3.05) is 7.11 Å². The van der Waals surface area contributed by atoms with Crippen LogP contribution in [-0.2, 0) is 19.1 Å². The molecule has 30 heavy (non-hydrogen) atoms. The van der Waals surface area contributed by atoms with E-state index in [9.17, 15) is 9.59 Å². The fourth-order valence-corrected chi connectivity index (χ4v) is 3.80. The summed E-state index contributed by atoms with van der Waals surface area (Å²) in [6.45, 7) is 3.81. The van der Waals surface area contributed by atoms with Crippen LogP contribution in [0.4, 0.5) is 0 Å². The minimum atomic E-state index is -1.25. The van der Waals surface area contributed by atoms with Gasteiger partial charge in [0.2, 0.25) is 6.10 Å². The minimum absolute atomic E-state index is 0.0228. The Labute approximate surface area is 185 Å². The molecule has 1 saturated carbocycles. The highest BCUT2D eigenvalue weighted by Crippen LogP contribution is 2.66. The first-order valence-electron chi connectivity index (χ1n) is 9.34. The first-order chi connectivity index (χ1) is 14.2. The summed E-state index contributed by atoms with van der Waals surface area (Å²) in [5.74, 6) is -0.151. The molecule has 2 atom stereocenters. The normalized spacial score (nSPS) is 19.9. The van der Waals surface area contributed by atoms with Crippen molar-refractivity contribution in [1.29, 1.82) is 0 Å². The van der Waals surface area contributed by atoms with Crippen molar-refractivity contribution in [2.24, 2.45) is 10.8 Å². The zero-order valence-electron chi connectivity index (χ0n) is 16.9. The molecule has 7 heteroatoms. The van der Waals surface area contributed by atoms with Gasteiger partial charge in [-0.25, -0.2) is 4.79 Å². The van der Waals surface area contributed by atoms with E-state index in [0.29, 0.717) is 23.5 Å². The lowest BCUT2D eigenvalue weighted by Crippen LogP contribution is -2.28. The highest BCUT2D eigenvalue weighted by Gasteiger charge is 2.66. The Hall–Kier alpha value is -2.50. The minimum Gasteiger partial charge on any atom is -0.466 e. The Balaban J connectivity index is 1.87. The summed E-state index contributed by atoms with van der Waals surface area (Å²) in [7, 11) is 1.24. The molecule has 0 amide bonds. The summed E-state index contributed by atoms with van der Waals surface area (Å²) >= 11 is 11.7. The smallest absolute Gasteiger partial charge is 0.351 e. The Morgan fingerprint density at radius 2 is 1.67 bits per heavy atom. The number of carbonyl (C=O) groups excluding carboxylic acids is 2. The van der Waals surface area contributed by atoms with Gasteiger partial charge in [0, 0.05) is 5.56 Å². The van der Waals surface area contributed by atoms with Crippen LogP contribution in [0.5, 0.6) is 11.5 Å². The van der Waals surface area contributed by atoms with Crippen LogP contribution in [-0.4, -0.2) is 19.0 Å². The molecule has 0 heterocycles. The van der Waals surface area contributed by atoms with Crippen molar-refractivity contribution in [3.8, 4) is 11.5 Å². The molecule has 0 spiro atoms. The largest absolute Gasteiger partial charge is 0.466 e. The third-order valence-corrected chi connectivity index (χ3v) is 5.52. The van der Waals surface area contributed by atoms with Gasteiger partial charge in [0.25, 0.3) is 0 Å². The van der Waals surface area contributed by atoms with Gasteiger partial charge in [-0.2, -0.15) is 0 Å². The molecular weight excluding hydrogens is 427 g/mol. The molecule has 3 rings (SSSR count). The summed E-state index contributed by atoms with van der Waals surface area (Å²) in [4.78, 5) is 25.5. The lowest BCUT2D eigenvalue weighted by molar-refractivity contribution is -0.170. The number of halogens is 2. The van der Waals surface area contributed by atoms with E-state index in [-0.39, 0.29) is 4.49 Å². The molecule has 0 N–H and O–H groups in total.